The van der Waals surface area contributed by atoms with E-state index in [4.69, 9.17) is 0 Å². The summed E-state index contributed by atoms with van der Waals surface area (Å²) in [6, 6.07) is 9.22. The minimum absolute atomic E-state index is 0.314. The van der Waals surface area contributed by atoms with Crippen molar-refractivity contribution in [3.05, 3.63) is 56.8 Å². The molecule has 1 nitrogen and oxygen atoms in total. The maximum absolute atomic E-state index is 3.42. The van der Waals surface area contributed by atoms with Crippen LogP contribution in [0.15, 0.2) is 29.6 Å². The molecule has 0 aliphatic rings. The van der Waals surface area contributed by atoms with Gasteiger partial charge < -0.3 is 5.32 Å². The van der Waals surface area contributed by atoms with E-state index >= 15 is 0 Å². The third-order valence-corrected chi connectivity index (χ3v) is 4.40. The lowest BCUT2D eigenvalue weighted by Crippen LogP contribution is -2.17. The highest BCUT2D eigenvalue weighted by molar-refractivity contribution is 7.10. The van der Waals surface area contributed by atoms with Gasteiger partial charge in [0.25, 0.3) is 0 Å². The van der Waals surface area contributed by atoms with Crippen LogP contribution in [0.1, 0.15) is 33.2 Å². The van der Waals surface area contributed by atoms with Crippen LogP contribution >= 0.6 is 11.3 Å². The Hall–Kier alpha value is -1.12. The van der Waals surface area contributed by atoms with Crippen molar-refractivity contribution in [1.29, 1.82) is 0 Å². The molecule has 0 radical (unpaired) electrons. The van der Waals surface area contributed by atoms with Gasteiger partial charge in [-0.3, -0.25) is 0 Å². The van der Waals surface area contributed by atoms with Gasteiger partial charge in [-0.15, -0.1) is 11.3 Å². The van der Waals surface area contributed by atoms with E-state index in [0.29, 0.717) is 6.04 Å². The Balaban J connectivity index is 2.42. The molecule has 1 N–H and O–H groups in total. The van der Waals surface area contributed by atoms with Crippen molar-refractivity contribution >= 4 is 11.3 Å². The average Bonchev–Trinajstić information content (AvgIpc) is 2.71. The van der Waals surface area contributed by atoms with Gasteiger partial charge in [0, 0.05) is 4.88 Å². The zero-order chi connectivity index (χ0) is 12.4. The predicted molar refractivity (Wildman–Crippen MR) is 75.9 cm³/mol. The molecule has 0 fully saturated rings. The maximum Gasteiger partial charge on any atom is 0.0671 e. The quantitative estimate of drug-likeness (QED) is 0.862. The number of aryl methyl sites for hydroxylation is 3. The van der Waals surface area contributed by atoms with E-state index in [2.05, 4.69) is 55.7 Å². The van der Waals surface area contributed by atoms with Crippen molar-refractivity contribution in [2.24, 2.45) is 0 Å². The summed E-state index contributed by atoms with van der Waals surface area (Å²) in [5.74, 6) is 0. The Morgan fingerprint density at radius 3 is 2.29 bits per heavy atom. The second kappa shape index (κ2) is 5.03. The molecule has 0 amide bonds. The topological polar surface area (TPSA) is 12.0 Å². The maximum atomic E-state index is 3.42. The molecule has 2 aromatic rings. The zero-order valence-corrected chi connectivity index (χ0v) is 11.7. The van der Waals surface area contributed by atoms with Crippen molar-refractivity contribution in [3.63, 3.8) is 0 Å². The summed E-state index contributed by atoms with van der Waals surface area (Å²) in [4.78, 5) is 1.41. The minimum Gasteiger partial charge on any atom is -0.309 e. The van der Waals surface area contributed by atoms with Crippen LogP contribution in [-0.4, -0.2) is 7.05 Å². The van der Waals surface area contributed by atoms with Gasteiger partial charge in [0.05, 0.1) is 6.04 Å². The van der Waals surface area contributed by atoms with Crippen molar-refractivity contribution in [2.75, 3.05) is 7.05 Å². The lowest BCUT2D eigenvalue weighted by molar-refractivity contribution is 0.699. The fourth-order valence-corrected chi connectivity index (χ4v) is 3.14. The van der Waals surface area contributed by atoms with Gasteiger partial charge in [-0.2, -0.15) is 0 Å². The van der Waals surface area contributed by atoms with Crippen molar-refractivity contribution in [2.45, 2.75) is 26.8 Å². The Morgan fingerprint density at radius 2 is 1.76 bits per heavy atom. The van der Waals surface area contributed by atoms with Crippen molar-refractivity contribution in [1.82, 2.24) is 5.32 Å². The molecule has 17 heavy (non-hydrogen) atoms. The van der Waals surface area contributed by atoms with Crippen molar-refractivity contribution < 1.29 is 0 Å². The highest BCUT2D eigenvalue weighted by Crippen LogP contribution is 2.29. The Labute approximate surface area is 108 Å². The fourth-order valence-electron chi connectivity index (χ4n) is 2.07. The third kappa shape index (κ3) is 2.43. The van der Waals surface area contributed by atoms with Gasteiger partial charge in [-0.25, -0.2) is 0 Å². The van der Waals surface area contributed by atoms with Crippen molar-refractivity contribution in [3.8, 4) is 0 Å². The van der Waals surface area contributed by atoms with Crippen LogP contribution in [-0.2, 0) is 0 Å². The van der Waals surface area contributed by atoms with E-state index in [9.17, 15) is 0 Å². The van der Waals surface area contributed by atoms with Crippen LogP contribution in [0.4, 0.5) is 0 Å². The molecule has 2 rings (SSSR count). The largest absolute Gasteiger partial charge is 0.309 e. The summed E-state index contributed by atoms with van der Waals surface area (Å²) in [5.41, 5.74) is 5.43. The lowest BCUT2D eigenvalue weighted by Gasteiger charge is -2.17. The van der Waals surface area contributed by atoms with E-state index in [1.165, 1.54) is 27.1 Å². The summed E-state index contributed by atoms with van der Waals surface area (Å²) in [5, 5.41) is 5.58. The van der Waals surface area contributed by atoms with Gasteiger partial charge in [0.15, 0.2) is 0 Å². The highest BCUT2D eigenvalue weighted by atomic mass is 32.1. The van der Waals surface area contributed by atoms with E-state index in [1.54, 1.807) is 0 Å². The van der Waals surface area contributed by atoms with Gasteiger partial charge in [0.2, 0.25) is 0 Å². The first kappa shape index (κ1) is 12.3. The summed E-state index contributed by atoms with van der Waals surface area (Å²) in [7, 11) is 2.03. The molecule has 1 unspecified atom stereocenters. The Bertz CT molecular complexity index is 513. The van der Waals surface area contributed by atoms with E-state index in [1.807, 2.05) is 18.4 Å². The molecule has 1 heterocycles. The number of thiophene rings is 1. The number of nitrogens with one attached hydrogen (secondary N) is 1. The number of benzene rings is 1. The van der Waals surface area contributed by atoms with Crippen LogP contribution < -0.4 is 5.32 Å². The molecule has 1 atom stereocenters. The predicted octanol–water partition coefficient (Wildman–Crippen LogP) is 3.98. The molecule has 0 aliphatic carbocycles. The average molecular weight is 245 g/mol. The molecule has 2 heteroatoms. The second-order valence-electron chi connectivity index (χ2n) is 4.53. The Morgan fingerprint density at radius 1 is 1.00 bits per heavy atom. The monoisotopic (exact) mass is 245 g/mol. The molecular formula is C15H19NS. The molecule has 0 saturated heterocycles. The van der Waals surface area contributed by atoms with Gasteiger partial charge in [-0.05, 0) is 61.5 Å². The minimum atomic E-state index is 0.314. The first-order valence-electron chi connectivity index (χ1n) is 5.92. The Kier molecular flexibility index (Phi) is 3.65. The molecule has 0 saturated carbocycles. The summed E-state index contributed by atoms with van der Waals surface area (Å²) >= 11 is 1.82. The molecule has 1 aromatic carbocycles. The first-order chi connectivity index (χ1) is 8.13. The SMILES string of the molecule is CNC(c1ccc(C)c(C)c1)c1sccc1C. The smallest absolute Gasteiger partial charge is 0.0671 e. The summed E-state index contributed by atoms with van der Waals surface area (Å²) in [6.45, 7) is 6.51. The summed E-state index contributed by atoms with van der Waals surface area (Å²) in [6.07, 6.45) is 0. The van der Waals surface area contributed by atoms with Gasteiger partial charge >= 0.3 is 0 Å². The highest BCUT2D eigenvalue weighted by Gasteiger charge is 2.15. The lowest BCUT2D eigenvalue weighted by atomic mass is 9.99. The van der Waals surface area contributed by atoms with E-state index in [0.717, 1.165) is 0 Å². The summed E-state index contributed by atoms with van der Waals surface area (Å²) < 4.78 is 0. The van der Waals surface area contributed by atoms with E-state index in [-0.39, 0.29) is 0 Å². The van der Waals surface area contributed by atoms with Crippen LogP contribution in [0.25, 0.3) is 0 Å². The third-order valence-electron chi connectivity index (χ3n) is 3.32. The van der Waals surface area contributed by atoms with Crippen LogP contribution in [0.5, 0.6) is 0 Å². The van der Waals surface area contributed by atoms with Crippen LogP contribution in [0, 0.1) is 20.8 Å². The number of hydrogen-bond donors (Lipinski definition) is 1. The zero-order valence-electron chi connectivity index (χ0n) is 10.9. The number of hydrogen-bond acceptors (Lipinski definition) is 2. The van der Waals surface area contributed by atoms with Gasteiger partial charge in [-0.1, -0.05) is 18.2 Å². The number of rotatable bonds is 3. The molecular weight excluding hydrogens is 226 g/mol. The molecule has 0 bridgehead atoms. The normalized spacial score (nSPS) is 12.7. The second-order valence-corrected chi connectivity index (χ2v) is 5.48. The van der Waals surface area contributed by atoms with Gasteiger partial charge in [0.1, 0.15) is 0 Å². The fraction of sp³-hybridized carbons (Fsp3) is 0.333. The molecule has 1 aromatic heterocycles. The van der Waals surface area contributed by atoms with Crippen LogP contribution in [0.2, 0.25) is 0 Å². The van der Waals surface area contributed by atoms with Crippen LogP contribution in [0.3, 0.4) is 0 Å². The standard InChI is InChI=1S/C15H19NS/c1-10-5-6-13(9-12(10)3)14(16-4)15-11(2)7-8-17-15/h5-9,14,16H,1-4H3. The molecule has 0 aliphatic heterocycles. The first-order valence-corrected chi connectivity index (χ1v) is 6.80. The molecule has 0 spiro atoms. The molecule has 90 valence electrons. The van der Waals surface area contributed by atoms with E-state index < -0.39 is 0 Å².